The summed E-state index contributed by atoms with van der Waals surface area (Å²) in [5, 5.41) is 5.48. The summed E-state index contributed by atoms with van der Waals surface area (Å²) in [6.07, 6.45) is 4.69. The van der Waals surface area contributed by atoms with Crippen LogP contribution in [0.3, 0.4) is 0 Å². The Bertz CT molecular complexity index is 673. The molecule has 0 saturated carbocycles. The van der Waals surface area contributed by atoms with Gasteiger partial charge in [-0.1, -0.05) is 39.3 Å². The molecule has 2 N–H and O–H groups in total. The lowest BCUT2D eigenvalue weighted by atomic mass is 10.1. The second kappa shape index (κ2) is 13.8. The van der Waals surface area contributed by atoms with Gasteiger partial charge in [-0.15, -0.1) is 0 Å². The Morgan fingerprint density at radius 3 is 2.52 bits per heavy atom. The van der Waals surface area contributed by atoms with Crippen molar-refractivity contribution in [1.29, 1.82) is 0 Å². The van der Waals surface area contributed by atoms with Gasteiger partial charge in [-0.2, -0.15) is 0 Å². The molecule has 0 fully saturated rings. The molecule has 1 atom stereocenters. The van der Waals surface area contributed by atoms with Crippen molar-refractivity contribution in [3.05, 3.63) is 41.6 Å². The predicted molar refractivity (Wildman–Crippen MR) is 116 cm³/mol. The fourth-order valence-electron chi connectivity index (χ4n) is 2.68. The number of rotatable bonds is 14. The first kappa shape index (κ1) is 24.7. The lowest BCUT2D eigenvalue weighted by Crippen LogP contribution is -2.33. The van der Waals surface area contributed by atoms with Crippen molar-refractivity contribution in [3.8, 4) is 5.75 Å². The molecular formula is C23H36N2O4. The van der Waals surface area contributed by atoms with Crippen LogP contribution in [0.1, 0.15) is 57.1 Å². The van der Waals surface area contributed by atoms with Crippen molar-refractivity contribution in [3.63, 3.8) is 0 Å². The van der Waals surface area contributed by atoms with E-state index in [1.54, 1.807) is 0 Å². The van der Waals surface area contributed by atoms with Gasteiger partial charge in [0.1, 0.15) is 12.4 Å². The first-order valence-corrected chi connectivity index (χ1v) is 10.4. The minimum absolute atomic E-state index is 0.0604. The van der Waals surface area contributed by atoms with Crippen LogP contribution in [0.5, 0.6) is 5.75 Å². The lowest BCUT2D eigenvalue weighted by Gasteiger charge is -2.15. The molecule has 2 amide bonds. The molecule has 6 nitrogen and oxygen atoms in total. The Hall–Kier alpha value is -2.34. The molecule has 1 aromatic carbocycles. The van der Waals surface area contributed by atoms with Crippen LogP contribution in [0.4, 0.5) is 0 Å². The number of amides is 2. The molecule has 0 radical (unpaired) electrons. The minimum atomic E-state index is -0.274. The summed E-state index contributed by atoms with van der Waals surface area (Å²) < 4.78 is 11.1. The highest BCUT2D eigenvalue weighted by Gasteiger charge is 2.10. The highest BCUT2D eigenvalue weighted by Crippen LogP contribution is 2.16. The van der Waals surface area contributed by atoms with Gasteiger partial charge in [0, 0.05) is 18.7 Å². The van der Waals surface area contributed by atoms with E-state index in [0.29, 0.717) is 24.4 Å². The van der Waals surface area contributed by atoms with Crippen molar-refractivity contribution in [2.45, 2.75) is 65.9 Å². The summed E-state index contributed by atoms with van der Waals surface area (Å²) >= 11 is 0. The van der Waals surface area contributed by atoms with Gasteiger partial charge in [-0.25, -0.2) is 0 Å². The van der Waals surface area contributed by atoms with E-state index in [4.69, 9.17) is 9.47 Å². The van der Waals surface area contributed by atoms with Crippen LogP contribution in [0.2, 0.25) is 0 Å². The van der Waals surface area contributed by atoms with Gasteiger partial charge in [0.15, 0.2) is 6.61 Å². The smallest absolute Gasteiger partial charge is 0.262 e. The maximum Gasteiger partial charge on any atom is 0.262 e. The maximum absolute atomic E-state index is 12.0. The molecular weight excluding hydrogens is 368 g/mol. The van der Waals surface area contributed by atoms with Gasteiger partial charge in [-0.05, 0) is 49.9 Å². The summed E-state index contributed by atoms with van der Waals surface area (Å²) in [5.41, 5.74) is 2.82. The summed E-state index contributed by atoms with van der Waals surface area (Å²) in [7, 11) is 0. The van der Waals surface area contributed by atoms with E-state index >= 15 is 0 Å². The maximum atomic E-state index is 12.0. The van der Waals surface area contributed by atoms with E-state index in [-0.39, 0.29) is 31.1 Å². The van der Waals surface area contributed by atoms with E-state index in [1.165, 1.54) is 5.56 Å². The average molecular weight is 405 g/mol. The number of ether oxygens (including phenoxy) is 2. The monoisotopic (exact) mass is 404 g/mol. The van der Waals surface area contributed by atoms with Crippen molar-refractivity contribution in [2.75, 3.05) is 19.8 Å². The average Bonchev–Trinajstić information content (AvgIpc) is 2.69. The summed E-state index contributed by atoms with van der Waals surface area (Å²) in [4.78, 5) is 23.8. The zero-order valence-corrected chi connectivity index (χ0v) is 18.3. The minimum Gasteiger partial charge on any atom is -0.484 e. The van der Waals surface area contributed by atoms with Gasteiger partial charge < -0.3 is 20.1 Å². The Kier molecular flexibility index (Phi) is 11.7. The Balaban J connectivity index is 2.19. The molecule has 1 unspecified atom stereocenters. The van der Waals surface area contributed by atoms with Crippen molar-refractivity contribution >= 4 is 11.8 Å². The number of hydrogen-bond acceptors (Lipinski definition) is 4. The third-order valence-electron chi connectivity index (χ3n) is 4.70. The summed E-state index contributed by atoms with van der Waals surface area (Å²) in [5.74, 6) is 0.229. The van der Waals surface area contributed by atoms with Gasteiger partial charge in [0.2, 0.25) is 5.91 Å². The highest BCUT2D eigenvalue weighted by molar-refractivity contribution is 5.79. The van der Waals surface area contributed by atoms with Gasteiger partial charge >= 0.3 is 0 Å². The predicted octanol–water partition coefficient (Wildman–Crippen LogP) is 3.80. The second-order valence-electron chi connectivity index (χ2n) is 7.27. The van der Waals surface area contributed by atoms with Gasteiger partial charge in [0.05, 0.1) is 6.10 Å². The van der Waals surface area contributed by atoms with Crippen LogP contribution >= 0.6 is 0 Å². The Morgan fingerprint density at radius 2 is 1.86 bits per heavy atom. The molecule has 162 valence electrons. The molecule has 0 aromatic heterocycles. The van der Waals surface area contributed by atoms with Crippen molar-refractivity contribution in [1.82, 2.24) is 10.6 Å². The number of carbonyl (C=O) groups excluding carboxylic acids is 2. The number of nitrogens with one attached hydrogen (secondary N) is 2. The lowest BCUT2D eigenvalue weighted by molar-refractivity contribution is -0.127. The molecule has 0 spiro atoms. The van der Waals surface area contributed by atoms with E-state index in [0.717, 1.165) is 31.2 Å². The summed E-state index contributed by atoms with van der Waals surface area (Å²) in [6, 6.07) is 5.70. The standard InChI is InChI=1S/C23H36N2O4/c1-6-8-9-20(7-2)28-15-22(26)24-13-12-19(5)25-23(27)16-29-21-11-10-17(3)18(4)14-21/h10-11,14,20H,5-9,12-13,15-16H2,1-4H3,(H,24,26)(H,25,27). The SMILES string of the molecule is C=C(CCNC(=O)COC(CC)CCCC)NC(=O)COc1ccc(C)c(C)c1. The number of carbonyl (C=O) groups is 2. The van der Waals surface area contributed by atoms with E-state index < -0.39 is 0 Å². The first-order chi connectivity index (χ1) is 13.8. The van der Waals surface area contributed by atoms with Gasteiger partial charge in [0.25, 0.3) is 5.91 Å². The Morgan fingerprint density at radius 1 is 1.10 bits per heavy atom. The first-order valence-electron chi connectivity index (χ1n) is 10.4. The largest absolute Gasteiger partial charge is 0.484 e. The number of aryl methyl sites for hydroxylation is 2. The fraction of sp³-hybridized carbons (Fsp3) is 0.565. The molecule has 0 bridgehead atoms. The molecule has 0 aliphatic heterocycles. The van der Waals surface area contributed by atoms with Crippen molar-refractivity contribution < 1.29 is 19.1 Å². The molecule has 1 rings (SSSR count). The van der Waals surface area contributed by atoms with Crippen LogP contribution in [0.15, 0.2) is 30.5 Å². The second-order valence-corrected chi connectivity index (χ2v) is 7.27. The van der Waals surface area contributed by atoms with Crippen LogP contribution in [0.25, 0.3) is 0 Å². The molecule has 6 heteroatoms. The third kappa shape index (κ3) is 10.7. The van der Waals surface area contributed by atoms with E-state index in [2.05, 4.69) is 31.1 Å². The molecule has 0 saturated heterocycles. The van der Waals surface area contributed by atoms with Crippen molar-refractivity contribution in [2.24, 2.45) is 0 Å². The van der Waals surface area contributed by atoms with Crippen LogP contribution in [-0.4, -0.2) is 37.7 Å². The topological polar surface area (TPSA) is 76.7 Å². The Labute approximate surface area is 175 Å². The molecule has 0 aliphatic rings. The van der Waals surface area contributed by atoms with E-state index in [9.17, 15) is 9.59 Å². The number of unbranched alkanes of at least 4 members (excludes halogenated alkanes) is 1. The third-order valence-corrected chi connectivity index (χ3v) is 4.70. The van der Waals surface area contributed by atoms with Crippen LogP contribution < -0.4 is 15.4 Å². The summed E-state index contributed by atoms with van der Waals surface area (Å²) in [6.45, 7) is 12.4. The molecule has 0 aliphatic carbocycles. The normalized spacial score (nSPS) is 11.6. The quantitative estimate of drug-likeness (QED) is 0.494. The van der Waals surface area contributed by atoms with E-state index in [1.807, 2.05) is 32.0 Å². The van der Waals surface area contributed by atoms with Crippen LogP contribution in [0, 0.1) is 13.8 Å². The van der Waals surface area contributed by atoms with Gasteiger partial charge in [-0.3, -0.25) is 9.59 Å². The zero-order chi connectivity index (χ0) is 21.6. The van der Waals surface area contributed by atoms with Crippen LogP contribution in [-0.2, 0) is 14.3 Å². The fourth-order valence-corrected chi connectivity index (χ4v) is 2.68. The number of benzene rings is 1. The number of hydrogen-bond donors (Lipinski definition) is 2. The zero-order valence-electron chi connectivity index (χ0n) is 18.3. The molecule has 29 heavy (non-hydrogen) atoms. The molecule has 0 heterocycles. The highest BCUT2D eigenvalue weighted by atomic mass is 16.5. The molecule has 1 aromatic rings.